The second-order valence-electron chi connectivity index (χ2n) is 4.54. The molecule has 1 aromatic heterocycles. The van der Waals surface area contributed by atoms with Crippen LogP contribution in [0.1, 0.15) is 5.69 Å². The van der Waals surface area contributed by atoms with Crippen LogP contribution in [0.3, 0.4) is 0 Å². The molecule has 23 heavy (non-hydrogen) atoms. The maximum atomic E-state index is 8.74. The van der Waals surface area contributed by atoms with Gasteiger partial charge in [0.2, 0.25) is 5.71 Å². The first kappa shape index (κ1) is 16.0. The third-order valence-electron chi connectivity index (χ3n) is 2.87. The van der Waals surface area contributed by atoms with Crippen molar-refractivity contribution in [2.24, 2.45) is 10.8 Å². The number of nitrogens with zero attached hydrogens (tertiary/aromatic N) is 3. The first-order valence-corrected chi connectivity index (χ1v) is 6.90. The number of hydrogen-bond donors (Lipinski definition) is 3. The smallest absolute Gasteiger partial charge is 0.201 e. The van der Waals surface area contributed by atoms with Gasteiger partial charge in [0, 0.05) is 18.3 Å². The van der Waals surface area contributed by atoms with Gasteiger partial charge < -0.3 is 10.5 Å². The van der Waals surface area contributed by atoms with E-state index >= 15 is 0 Å². The van der Waals surface area contributed by atoms with E-state index < -0.39 is 0 Å². The molecule has 1 aromatic carbocycles. The quantitative estimate of drug-likeness (QED) is 0.410. The highest BCUT2D eigenvalue weighted by Crippen LogP contribution is 2.16. The Balaban J connectivity index is 1.85. The third-order valence-corrected chi connectivity index (χ3v) is 2.87. The van der Waals surface area contributed by atoms with Gasteiger partial charge in [-0.15, -0.1) is 0 Å². The number of aromatic nitrogens is 1. The van der Waals surface area contributed by atoms with Gasteiger partial charge in [0.1, 0.15) is 11.8 Å². The lowest BCUT2D eigenvalue weighted by atomic mass is 10.3. The van der Waals surface area contributed by atoms with Gasteiger partial charge in [-0.1, -0.05) is 6.07 Å². The number of amidine groups is 1. The molecule has 116 valence electrons. The van der Waals surface area contributed by atoms with E-state index in [2.05, 4.69) is 15.5 Å². The van der Waals surface area contributed by atoms with Crippen molar-refractivity contribution in [3.63, 3.8) is 0 Å². The highest BCUT2D eigenvalue weighted by molar-refractivity contribution is 6.45. The van der Waals surface area contributed by atoms with E-state index in [1.807, 2.05) is 18.2 Å². The van der Waals surface area contributed by atoms with Crippen LogP contribution in [0.4, 0.5) is 5.69 Å². The van der Waals surface area contributed by atoms with Crippen LogP contribution in [0, 0.1) is 16.7 Å². The summed E-state index contributed by atoms with van der Waals surface area (Å²) in [6.45, 7) is 0.533. The Morgan fingerprint density at radius 2 is 2.09 bits per heavy atom. The highest BCUT2D eigenvalue weighted by Gasteiger charge is 2.01. The van der Waals surface area contributed by atoms with Crippen molar-refractivity contribution < 1.29 is 4.74 Å². The molecular formula is C16H16N6O. The lowest BCUT2D eigenvalue weighted by molar-refractivity contribution is 0.320. The van der Waals surface area contributed by atoms with Gasteiger partial charge in [0.05, 0.1) is 12.3 Å². The summed E-state index contributed by atoms with van der Waals surface area (Å²) in [4.78, 5) is 4.23. The number of hydrogen-bond acceptors (Lipinski definition) is 6. The molecule has 0 amide bonds. The van der Waals surface area contributed by atoms with E-state index in [-0.39, 0.29) is 11.5 Å². The molecular weight excluding hydrogens is 292 g/mol. The fourth-order valence-corrected chi connectivity index (χ4v) is 1.71. The minimum Gasteiger partial charge on any atom is -0.493 e. The maximum Gasteiger partial charge on any atom is 0.201 e. The first-order chi connectivity index (χ1) is 11.2. The van der Waals surface area contributed by atoms with Gasteiger partial charge in [0.15, 0.2) is 5.84 Å². The van der Waals surface area contributed by atoms with Crippen LogP contribution >= 0.6 is 0 Å². The molecule has 0 aliphatic carbocycles. The second kappa shape index (κ2) is 8.14. The summed E-state index contributed by atoms with van der Waals surface area (Å²) in [5, 5.41) is 19.7. The molecule has 0 atom stereocenters. The number of rotatable bonds is 7. The van der Waals surface area contributed by atoms with E-state index in [9.17, 15) is 0 Å². The number of benzene rings is 1. The second-order valence-corrected chi connectivity index (χ2v) is 4.54. The van der Waals surface area contributed by atoms with Crippen LogP contribution in [-0.4, -0.2) is 23.1 Å². The summed E-state index contributed by atoms with van der Waals surface area (Å²) in [6, 6.07) is 14.6. The van der Waals surface area contributed by atoms with Gasteiger partial charge in [-0.25, -0.2) is 0 Å². The van der Waals surface area contributed by atoms with Gasteiger partial charge in [0.25, 0.3) is 0 Å². The number of pyridine rings is 1. The summed E-state index contributed by atoms with van der Waals surface area (Å²) < 4.78 is 5.64. The van der Waals surface area contributed by atoms with Gasteiger partial charge in [-0.2, -0.15) is 10.4 Å². The maximum absolute atomic E-state index is 8.74. The lowest BCUT2D eigenvalue weighted by Crippen LogP contribution is -2.21. The predicted octanol–water partition coefficient (Wildman–Crippen LogP) is 1.93. The largest absolute Gasteiger partial charge is 0.493 e. The molecule has 4 N–H and O–H groups in total. The van der Waals surface area contributed by atoms with Gasteiger partial charge in [-0.05, 0) is 36.4 Å². The van der Waals surface area contributed by atoms with E-state index in [1.165, 1.54) is 0 Å². The topological polar surface area (TPSA) is 120 Å². The molecule has 0 radical (unpaired) electrons. The predicted molar refractivity (Wildman–Crippen MR) is 88.5 cm³/mol. The van der Waals surface area contributed by atoms with Crippen molar-refractivity contribution in [2.75, 3.05) is 12.0 Å². The summed E-state index contributed by atoms with van der Waals surface area (Å²) in [6.07, 6.45) is 2.49. The van der Waals surface area contributed by atoms with Crippen LogP contribution in [-0.2, 0) is 6.42 Å². The van der Waals surface area contributed by atoms with Crippen molar-refractivity contribution in [3.05, 3.63) is 54.4 Å². The Morgan fingerprint density at radius 3 is 2.70 bits per heavy atom. The average Bonchev–Trinajstić information content (AvgIpc) is 2.57. The summed E-state index contributed by atoms with van der Waals surface area (Å²) in [5.41, 5.74) is 9.35. The molecule has 2 rings (SSSR count). The number of nitriles is 1. The molecule has 0 unspecified atom stereocenters. The van der Waals surface area contributed by atoms with Crippen LogP contribution in [0.25, 0.3) is 0 Å². The first-order valence-electron chi connectivity index (χ1n) is 6.90. The Kier molecular flexibility index (Phi) is 5.66. The lowest BCUT2D eigenvalue weighted by Gasteiger charge is -2.07. The molecule has 0 aliphatic rings. The molecule has 0 saturated heterocycles. The Morgan fingerprint density at radius 1 is 1.30 bits per heavy atom. The zero-order valence-electron chi connectivity index (χ0n) is 12.4. The highest BCUT2D eigenvalue weighted by atomic mass is 16.5. The van der Waals surface area contributed by atoms with E-state index in [0.717, 1.165) is 17.9 Å². The molecule has 0 fully saturated rings. The van der Waals surface area contributed by atoms with Gasteiger partial charge >= 0.3 is 0 Å². The molecule has 7 nitrogen and oxygen atoms in total. The fourth-order valence-electron chi connectivity index (χ4n) is 1.71. The van der Waals surface area contributed by atoms with Crippen molar-refractivity contribution in [2.45, 2.75) is 6.42 Å². The monoisotopic (exact) mass is 308 g/mol. The normalized spacial score (nSPS) is 10.7. The number of ether oxygens (including phenoxy) is 1. The van der Waals surface area contributed by atoms with Crippen LogP contribution in [0.2, 0.25) is 0 Å². The van der Waals surface area contributed by atoms with Crippen molar-refractivity contribution in [1.29, 1.82) is 10.7 Å². The van der Waals surface area contributed by atoms with E-state index in [4.69, 9.17) is 21.1 Å². The number of anilines is 1. The van der Waals surface area contributed by atoms with Crippen molar-refractivity contribution >= 4 is 17.2 Å². The van der Waals surface area contributed by atoms with Gasteiger partial charge in [-0.3, -0.25) is 15.8 Å². The van der Waals surface area contributed by atoms with Crippen LogP contribution in [0.5, 0.6) is 5.75 Å². The zero-order valence-corrected chi connectivity index (χ0v) is 12.4. The molecule has 0 aliphatic heterocycles. The molecule has 1 heterocycles. The minimum atomic E-state index is -0.380. The number of nitrogens with one attached hydrogen (secondary N) is 2. The SMILES string of the molecule is N#C/C(=N\Nc1ccc(OCCc2ccccn2)cc1)C(=N)N. The molecule has 0 saturated carbocycles. The standard InChI is InChI=1S/C16H16N6O/c17-11-15(16(18)19)22-21-13-4-6-14(7-5-13)23-10-8-12-3-1-2-9-20-12/h1-7,9,21H,8,10H2,(H3,18,19)/b22-15+. The van der Waals surface area contributed by atoms with E-state index in [1.54, 1.807) is 36.5 Å². The molecule has 7 heteroatoms. The van der Waals surface area contributed by atoms with Crippen LogP contribution in [0.15, 0.2) is 53.8 Å². The molecule has 0 spiro atoms. The van der Waals surface area contributed by atoms with Crippen molar-refractivity contribution in [3.8, 4) is 11.8 Å². The Hall–Kier alpha value is -3.40. The molecule has 0 bridgehead atoms. The van der Waals surface area contributed by atoms with Crippen LogP contribution < -0.4 is 15.9 Å². The summed E-state index contributed by atoms with van der Waals surface area (Å²) in [5.74, 6) is 0.344. The minimum absolute atomic E-state index is 0.166. The Bertz CT molecular complexity index is 718. The summed E-state index contributed by atoms with van der Waals surface area (Å²) in [7, 11) is 0. The summed E-state index contributed by atoms with van der Waals surface area (Å²) >= 11 is 0. The fraction of sp³-hybridized carbons (Fsp3) is 0.125. The number of hydrazone groups is 1. The zero-order chi connectivity index (χ0) is 16.5. The Labute approximate surface area is 133 Å². The third kappa shape index (κ3) is 5.13. The van der Waals surface area contributed by atoms with E-state index in [0.29, 0.717) is 12.3 Å². The average molecular weight is 308 g/mol. The number of nitrogens with two attached hydrogens (primary N) is 1. The van der Waals surface area contributed by atoms with Crippen molar-refractivity contribution in [1.82, 2.24) is 4.98 Å². The molecule has 2 aromatic rings.